The van der Waals surface area contributed by atoms with Crippen molar-refractivity contribution in [2.45, 2.75) is 40.0 Å². The number of benzene rings is 2. The molecule has 6 nitrogen and oxygen atoms in total. The Morgan fingerprint density at radius 2 is 1.61 bits per heavy atom. The SMILES string of the molecule is CCC(CC)(CC(=O)Nc1cc(NC(=O)c2ccccc2)ccc1C)C(=O)O. The van der Waals surface area contributed by atoms with Crippen molar-refractivity contribution in [3.8, 4) is 0 Å². The van der Waals surface area contributed by atoms with Gasteiger partial charge >= 0.3 is 5.97 Å². The first-order chi connectivity index (χ1) is 13.3. The Balaban J connectivity index is 2.14. The van der Waals surface area contributed by atoms with Gasteiger partial charge in [0, 0.05) is 23.4 Å². The maximum atomic E-state index is 12.5. The lowest BCUT2D eigenvalue weighted by Crippen LogP contribution is -2.34. The molecule has 0 heterocycles. The number of carboxylic acid groups (broad SMARTS) is 1. The molecule has 0 aliphatic rings. The van der Waals surface area contributed by atoms with Crippen LogP contribution in [-0.4, -0.2) is 22.9 Å². The molecule has 2 rings (SSSR count). The molecule has 6 heteroatoms. The molecule has 0 saturated carbocycles. The first kappa shape index (κ1) is 21.2. The second kappa shape index (κ2) is 9.17. The van der Waals surface area contributed by atoms with E-state index in [1.165, 1.54) is 0 Å². The Morgan fingerprint density at radius 3 is 2.18 bits per heavy atom. The van der Waals surface area contributed by atoms with Gasteiger partial charge in [-0.15, -0.1) is 0 Å². The molecule has 2 aromatic rings. The maximum Gasteiger partial charge on any atom is 0.310 e. The first-order valence-corrected chi connectivity index (χ1v) is 9.31. The molecule has 0 atom stereocenters. The van der Waals surface area contributed by atoms with Gasteiger partial charge in [0.15, 0.2) is 0 Å². The third-order valence-electron chi connectivity index (χ3n) is 5.11. The van der Waals surface area contributed by atoms with Crippen molar-refractivity contribution in [3.05, 3.63) is 59.7 Å². The highest BCUT2D eigenvalue weighted by Gasteiger charge is 2.37. The Labute approximate surface area is 165 Å². The van der Waals surface area contributed by atoms with Crippen LogP contribution < -0.4 is 10.6 Å². The largest absolute Gasteiger partial charge is 0.481 e. The number of carboxylic acids is 1. The summed E-state index contributed by atoms with van der Waals surface area (Å²) in [7, 11) is 0. The number of amides is 2. The van der Waals surface area contributed by atoms with Gasteiger partial charge in [0.05, 0.1) is 5.41 Å². The van der Waals surface area contributed by atoms with Gasteiger partial charge in [-0.2, -0.15) is 0 Å². The summed E-state index contributed by atoms with van der Waals surface area (Å²) in [4.78, 5) is 36.4. The van der Waals surface area contributed by atoms with Crippen LogP contribution in [0.1, 0.15) is 49.0 Å². The third kappa shape index (κ3) is 4.97. The van der Waals surface area contributed by atoms with Crippen LogP contribution in [0.25, 0.3) is 0 Å². The highest BCUT2D eigenvalue weighted by Crippen LogP contribution is 2.32. The van der Waals surface area contributed by atoms with Crippen LogP contribution in [0.3, 0.4) is 0 Å². The van der Waals surface area contributed by atoms with E-state index in [1.807, 2.05) is 13.0 Å². The number of carbonyl (C=O) groups excluding carboxylic acids is 2. The van der Waals surface area contributed by atoms with Crippen LogP contribution >= 0.6 is 0 Å². The fraction of sp³-hybridized carbons (Fsp3) is 0.318. The molecule has 0 aromatic heterocycles. The summed E-state index contributed by atoms with van der Waals surface area (Å²) in [6.07, 6.45) is 0.645. The highest BCUT2D eigenvalue weighted by molar-refractivity contribution is 6.04. The average Bonchev–Trinajstić information content (AvgIpc) is 2.69. The van der Waals surface area contributed by atoms with Crippen molar-refractivity contribution < 1.29 is 19.5 Å². The summed E-state index contributed by atoms with van der Waals surface area (Å²) in [6.45, 7) is 5.38. The summed E-state index contributed by atoms with van der Waals surface area (Å²) in [5, 5.41) is 15.1. The Hall–Kier alpha value is -3.15. The molecule has 0 bridgehead atoms. The van der Waals surface area contributed by atoms with Crippen molar-refractivity contribution in [2.24, 2.45) is 5.41 Å². The van der Waals surface area contributed by atoms with Gasteiger partial charge < -0.3 is 15.7 Å². The van der Waals surface area contributed by atoms with Crippen LogP contribution in [0.15, 0.2) is 48.5 Å². The van der Waals surface area contributed by atoms with Crippen molar-refractivity contribution in [1.82, 2.24) is 0 Å². The zero-order chi connectivity index (χ0) is 20.7. The zero-order valence-corrected chi connectivity index (χ0v) is 16.4. The van der Waals surface area contributed by atoms with Crippen molar-refractivity contribution in [2.75, 3.05) is 10.6 Å². The predicted octanol–water partition coefficient (Wildman–Crippen LogP) is 4.47. The molecule has 0 saturated heterocycles. The van der Waals surface area contributed by atoms with Crippen molar-refractivity contribution >= 4 is 29.2 Å². The second-order valence-corrected chi connectivity index (χ2v) is 6.87. The lowest BCUT2D eigenvalue weighted by molar-refractivity contribution is -0.151. The number of anilines is 2. The Morgan fingerprint density at radius 1 is 0.964 bits per heavy atom. The fourth-order valence-electron chi connectivity index (χ4n) is 3.01. The van der Waals surface area contributed by atoms with Gasteiger partial charge in [0.1, 0.15) is 0 Å². The van der Waals surface area contributed by atoms with E-state index in [1.54, 1.807) is 56.3 Å². The zero-order valence-electron chi connectivity index (χ0n) is 16.4. The van der Waals surface area contributed by atoms with E-state index >= 15 is 0 Å². The topological polar surface area (TPSA) is 95.5 Å². The summed E-state index contributed by atoms with van der Waals surface area (Å²) < 4.78 is 0. The van der Waals surface area contributed by atoms with Gasteiger partial charge in [0.25, 0.3) is 5.91 Å². The van der Waals surface area contributed by atoms with Gasteiger partial charge in [0.2, 0.25) is 5.91 Å². The quantitative estimate of drug-likeness (QED) is 0.628. The standard InChI is InChI=1S/C22H26N2O4/c1-4-22(5-2,21(27)28)14-19(25)24-18-13-17(12-11-15(18)3)23-20(26)16-9-7-6-8-10-16/h6-13H,4-5,14H2,1-3H3,(H,23,26)(H,24,25)(H,27,28). The number of nitrogens with one attached hydrogen (secondary N) is 2. The molecule has 3 N–H and O–H groups in total. The Kier molecular flexibility index (Phi) is 6.93. The molecule has 2 amide bonds. The van der Waals surface area contributed by atoms with Crippen molar-refractivity contribution in [3.63, 3.8) is 0 Å². The van der Waals surface area contributed by atoms with Gasteiger partial charge in [-0.1, -0.05) is 38.1 Å². The summed E-state index contributed by atoms with van der Waals surface area (Å²) in [5.41, 5.74) is 1.37. The van der Waals surface area contributed by atoms with Crippen LogP contribution in [0.2, 0.25) is 0 Å². The van der Waals surface area contributed by atoms with Crippen LogP contribution in [0.5, 0.6) is 0 Å². The number of hydrogen-bond acceptors (Lipinski definition) is 3. The fourth-order valence-corrected chi connectivity index (χ4v) is 3.01. The number of carbonyl (C=O) groups is 3. The van der Waals surface area contributed by atoms with Crippen LogP contribution in [0, 0.1) is 12.3 Å². The van der Waals surface area contributed by atoms with Gasteiger partial charge in [-0.25, -0.2) is 0 Å². The van der Waals surface area contributed by atoms with E-state index in [-0.39, 0.29) is 18.2 Å². The molecule has 2 aromatic carbocycles. The minimum absolute atomic E-state index is 0.102. The van der Waals surface area contributed by atoms with E-state index in [0.717, 1.165) is 5.56 Å². The van der Waals surface area contributed by atoms with Gasteiger partial charge in [-0.05, 0) is 49.6 Å². The second-order valence-electron chi connectivity index (χ2n) is 6.87. The number of hydrogen-bond donors (Lipinski definition) is 3. The molecule has 28 heavy (non-hydrogen) atoms. The first-order valence-electron chi connectivity index (χ1n) is 9.31. The van der Waals surface area contributed by atoms with Gasteiger partial charge in [-0.3, -0.25) is 14.4 Å². The number of aliphatic carboxylic acids is 1. The summed E-state index contributed by atoms with van der Waals surface area (Å²) in [5.74, 6) is -1.57. The van der Waals surface area contributed by atoms with E-state index in [4.69, 9.17) is 0 Å². The molecular weight excluding hydrogens is 356 g/mol. The van der Waals surface area contributed by atoms with E-state index < -0.39 is 11.4 Å². The molecular formula is C22H26N2O4. The Bertz CT molecular complexity index is 858. The summed E-state index contributed by atoms with van der Waals surface area (Å²) in [6, 6.07) is 14.1. The molecule has 0 unspecified atom stereocenters. The monoisotopic (exact) mass is 382 g/mol. The van der Waals surface area contributed by atoms with Crippen LogP contribution in [0.4, 0.5) is 11.4 Å². The highest BCUT2D eigenvalue weighted by atomic mass is 16.4. The number of aryl methyl sites for hydroxylation is 1. The average molecular weight is 382 g/mol. The summed E-state index contributed by atoms with van der Waals surface area (Å²) >= 11 is 0. The minimum atomic E-state index is -1.07. The molecule has 0 fully saturated rings. The van der Waals surface area contributed by atoms with E-state index in [0.29, 0.717) is 29.8 Å². The minimum Gasteiger partial charge on any atom is -0.481 e. The third-order valence-corrected chi connectivity index (χ3v) is 5.11. The molecule has 0 aliphatic carbocycles. The van der Waals surface area contributed by atoms with E-state index in [9.17, 15) is 19.5 Å². The van der Waals surface area contributed by atoms with Crippen molar-refractivity contribution in [1.29, 1.82) is 0 Å². The molecule has 148 valence electrons. The molecule has 0 radical (unpaired) electrons. The maximum absolute atomic E-state index is 12.5. The molecule has 0 aliphatic heterocycles. The smallest absolute Gasteiger partial charge is 0.310 e. The van der Waals surface area contributed by atoms with E-state index in [2.05, 4.69) is 10.6 Å². The molecule has 0 spiro atoms. The number of rotatable bonds is 8. The van der Waals surface area contributed by atoms with Crippen LogP contribution in [-0.2, 0) is 9.59 Å². The normalized spacial score (nSPS) is 11.0. The lowest BCUT2D eigenvalue weighted by Gasteiger charge is -2.26. The predicted molar refractivity (Wildman–Crippen MR) is 109 cm³/mol. The lowest BCUT2D eigenvalue weighted by atomic mass is 9.79.